The van der Waals surface area contributed by atoms with Gasteiger partial charge in [-0.2, -0.15) is 0 Å². The highest BCUT2D eigenvalue weighted by Gasteiger charge is 2.25. The van der Waals surface area contributed by atoms with Crippen molar-refractivity contribution in [1.29, 1.82) is 0 Å². The van der Waals surface area contributed by atoms with E-state index in [1.54, 1.807) is 40.4 Å². The molecule has 3 aromatic heterocycles. The Hall–Kier alpha value is -2.92. The summed E-state index contributed by atoms with van der Waals surface area (Å²) in [6.45, 7) is 6.00. The lowest BCUT2D eigenvalue weighted by molar-refractivity contribution is -0.113. The van der Waals surface area contributed by atoms with E-state index in [-0.39, 0.29) is 29.4 Å². The second kappa shape index (κ2) is 11.4. The van der Waals surface area contributed by atoms with E-state index >= 15 is 0 Å². The molecule has 1 N–H and O–H groups in total. The van der Waals surface area contributed by atoms with Crippen molar-refractivity contribution in [1.82, 2.24) is 9.55 Å². The Morgan fingerprint density at radius 2 is 2.11 bits per heavy atom. The summed E-state index contributed by atoms with van der Waals surface area (Å²) in [4.78, 5) is 45.9. The van der Waals surface area contributed by atoms with Gasteiger partial charge in [0.25, 0.3) is 5.56 Å². The molecule has 38 heavy (non-hydrogen) atoms. The molecule has 3 heterocycles. The summed E-state index contributed by atoms with van der Waals surface area (Å²) in [5.41, 5.74) is 2.56. The lowest BCUT2D eigenvalue weighted by Crippen LogP contribution is -2.24. The highest BCUT2D eigenvalue weighted by molar-refractivity contribution is 7.99. The number of anilines is 1. The van der Waals surface area contributed by atoms with Crippen LogP contribution in [0.1, 0.15) is 34.1 Å². The van der Waals surface area contributed by atoms with Crippen LogP contribution >= 0.6 is 46.0 Å². The van der Waals surface area contributed by atoms with E-state index in [1.165, 1.54) is 28.0 Å². The van der Waals surface area contributed by atoms with Crippen LogP contribution in [0.15, 0.2) is 52.3 Å². The summed E-state index contributed by atoms with van der Waals surface area (Å²) in [6.07, 6.45) is 4.58. The molecule has 0 atom stereocenters. The van der Waals surface area contributed by atoms with Gasteiger partial charge < -0.3 is 10.1 Å². The summed E-state index contributed by atoms with van der Waals surface area (Å²) in [6, 6.07) is 7.20. The first kappa shape index (κ1) is 26.7. The van der Waals surface area contributed by atoms with Crippen molar-refractivity contribution in [2.45, 2.75) is 37.9 Å². The number of nitrogens with one attached hydrogen (secondary N) is 1. The molecule has 1 aromatic carbocycles. The van der Waals surface area contributed by atoms with Gasteiger partial charge in [0.2, 0.25) is 5.91 Å². The number of fused-ring (bicyclic) bond motifs is 3. The lowest BCUT2D eigenvalue weighted by Gasteiger charge is -2.11. The van der Waals surface area contributed by atoms with Crippen molar-refractivity contribution in [3.8, 4) is 11.1 Å². The third-order valence-corrected chi connectivity index (χ3v) is 9.51. The number of thiophene rings is 2. The van der Waals surface area contributed by atoms with Gasteiger partial charge >= 0.3 is 5.97 Å². The normalized spacial score (nSPS) is 12.5. The molecule has 196 valence electrons. The molecule has 7 nitrogen and oxygen atoms in total. The monoisotopic (exact) mass is 585 g/mol. The summed E-state index contributed by atoms with van der Waals surface area (Å²) in [5.74, 6) is -0.868. The Morgan fingerprint density at radius 3 is 2.87 bits per heavy atom. The van der Waals surface area contributed by atoms with E-state index < -0.39 is 5.97 Å². The van der Waals surface area contributed by atoms with Crippen molar-refractivity contribution in [3.63, 3.8) is 0 Å². The Bertz CT molecular complexity index is 1620. The predicted octanol–water partition coefficient (Wildman–Crippen LogP) is 6.42. The summed E-state index contributed by atoms with van der Waals surface area (Å²) in [7, 11) is 0. The molecule has 5 rings (SSSR count). The zero-order valence-corrected chi connectivity index (χ0v) is 23.7. The fourth-order valence-electron chi connectivity index (χ4n) is 4.49. The largest absolute Gasteiger partial charge is 0.462 e. The van der Waals surface area contributed by atoms with Gasteiger partial charge in [0, 0.05) is 33.0 Å². The number of ether oxygens (including phenoxy) is 1. The van der Waals surface area contributed by atoms with Gasteiger partial charge in [-0.15, -0.1) is 29.3 Å². The Morgan fingerprint density at radius 1 is 1.29 bits per heavy atom. The Labute approximate surface area is 236 Å². The molecule has 0 radical (unpaired) electrons. The minimum atomic E-state index is -0.538. The standard InChI is InChI=1S/C27H24ClN3O4S3/c1-3-12-31-25(33)21-16-9-7-11-19(16)38-24(21)30-27(31)37-14-20(32)29-23-22(26(34)35-4-2)17(13-36-23)15-8-5-6-10-18(15)28/h3,5-6,8,10,13H,1,4,7,9,11-12,14H2,2H3,(H,29,32). The van der Waals surface area contributed by atoms with Gasteiger partial charge in [0.05, 0.1) is 17.7 Å². The van der Waals surface area contributed by atoms with Crippen LogP contribution in [0.4, 0.5) is 5.00 Å². The number of amides is 1. The van der Waals surface area contributed by atoms with Crippen LogP contribution in [-0.4, -0.2) is 33.8 Å². The fraction of sp³-hybridized carbons (Fsp3) is 0.259. The highest BCUT2D eigenvalue weighted by atomic mass is 35.5. The first-order chi connectivity index (χ1) is 18.4. The van der Waals surface area contributed by atoms with E-state index in [2.05, 4.69) is 11.9 Å². The SMILES string of the molecule is C=CCn1c(SCC(=O)Nc2scc(-c3ccccc3Cl)c2C(=O)OCC)nc2sc3c(c2c1=O)CCC3. The number of rotatable bonds is 9. The lowest BCUT2D eigenvalue weighted by atomic mass is 10.0. The summed E-state index contributed by atoms with van der Waals surface area (Å²) < 4.78 is 6.85. The average Bonchev–Trinajstić information content (AvgIpc) is 3.60. The molecule has 0 saturated heterocycles. The molecule has 1 amide bonds. The molecule has 4 aromatic rings. The minimum absolute atomic E-state index is 0.00176. The summed E-state index contributed by atoms with van der Waals surface area (Å²) in [5, 5.41) is 6.66. The predicted molar refractivity (Wildman–Crippen MR) is 156 cm³/mol. The van der Waals surface area contributed by atoms with E-state index in [0.717, 1.165) is 29.7 Å². The first-order valence-corrected chi connectivity index (χ1v) is 15.1. The first-order valence-electron chi connectivity index (χ1n) is 12.0. The number of carbonyl (C=O) groups is 2. The van der Waals surface area contributed by atoms with Crippen molar-refractivity contribution < 1.29 is 14.3 Å². The zero-order valence-electron chi connectivity index (χ0n) is 20.5. The number of carbonyl (C=O) groups excluding carboxylic acids is 2. The second-order valence-corrected chi connectivity index (χ2v) is 11.8. The number of esters is 1. The third-order valence-electron chi connectivity index (χ3n) is 6.12. The van der Waals surface area contributed by atoms with E-state index in [4.69, 9.17) is 21.3 Å². The number of hydrogen-bond acceptors (Lipinski definition) is 8. The number of nitrogens with zero attached hydrogens (tertiary/aromatic N) is 2. The topological polar surface area (TPSA) is 90.3 Å². The van der Waals surface area contributed by atoms with E-state index in [9.17, 15) is 14.4 Å². The van der Waals surface area contributed by atoms with Crippen molar-refractivity contribution in [2.24, 2.45) is 0 Å². The quantitative estimate of drug-likeness (QED) is 0.105. The molecule has 1 aliphatic rings. The number of allylic oxidation sites excluding steroid dienone is 1. The zero-order chi connectivity index (χ0) is 26.8. The number of aromatic nitrogens is 2. The van der Waals surface area contributed by atoms with E-state index in [1.807, 2.05) is 18.2 Å². The van der Waals surface area contributed by atoms with Gasteiger partial charge in [-0.05, 0) is 37.8 Å². The number of halogens is 1. The van der Waals surface area contributed by atoms with Gasteiger partial charge in [-0.3, -0.25) is 14.2 Å². The number of hydrogen-bond donors (Lipinski definition) is 1. The van der Waals surface area contributed by atoms with Gasteiger partial charge in [-0.25, -0.2) is 9.78 Å². The molecule has 0 bridgehead atoms. The second-order valence-electron chi connectivity index (χ2n) is 8.53. The van der Waals surface area contributed by atoms with Gasteiger partial charge in [0.1, 0.15) is 15.4 Å². The molecule has 0 unspecified atom stereocenters. The maximum absolute atomic E-state index is 13.3. The molecule has 0 spiro atoms. The van der Waals surface area contributed by atoms with Crippen molar-refractivity contribution in [2.75, 3.05) is 17.7 Å². The number of thioether (sulfide) groups is 1. The molecule has 0 saturated carbocycles. The van der Waals surface area contributed by atoms with Crippen LogP contribution in [0.3, 0.4) is 0 Å². The molecule has 0 fully saturated rings. The van der Waals surface area contributed by atoms with Crippen LogP contribution < -0.4 is 10.9 Å². The van der Waals surface area contributed by atoms with Gasteiger partial charge in [0.15, 0.2) is 5.16 Å². The van der Waals surface area contributed by atoms with Crippen LogP contribution in [0.25, 0.3) is 21.3 Å². The van der Waals surface area contributed by atoms with Crippen LogP contribution in [0.5, 0.6) is 0 Å². The third kappa shape index (κ3) is 5.05. The molecular weight excluding hydrogens is 562 g/mol. The van der Waals surface area contributed by atoms with Crippen molar-refractivity contribution >= 4 is 73.1 Å². The number of aryl methyl sites for hydroxylation is 2. The maximum atomic E-state index is 13.3. The fourth-order valence-corrected chi connectivity index (χ4v) is 7.80. The smallest absolute Gasteiger partial charge is 0.341 e. The number of benzene rings is 1. The van der Waals surface area contributed by atoms with Crippen LogP contribution in [0.2, 0.25) is 5.02 Å². The minimum Gasteiger partial charge on any atom is -0.462 e. The van der Waals surface area contributed by atoms with E-state index in [0.29, 0.717) is 38.2 Å². The van der Waals surface area contributed by atoms with Crippen LogP contribution in [-0.2, 0) is 28.9 Å². The molecular formula is C27H24ClN3O4S3. The van der Waals surface area contributed by atoms with Gasteiger partial charge in [-0.1, -0.05) is 47.6 Å². The molecule has 0 aliphatic heterocycles. The maximum Gasteiger partial charge on any atom is 0.341 e. The average molecular weight is 586 g/mol. The molecule has 1 aliphatic carbocycles. The Kier molecular flexibility index (Phi) is 8.04. The molecule has 11 heteroatoms. The van der Waals surface area contributed by atoms with Crippen LogP contribution in [0, 0.1) is 0 Å². The highest BCUT2D eigenvalue weighted by Crippen LogP contribution is 2.39. The Balaban J connectivity index is 1.40. The van der Waals surface area contributed by atoms with Crippen molar-refractivity contribution in [3.05, 3.63) is 73.7 Å². The summed E-state index contributed by atoms with van der Waals surface area (Å²) >= 11 is 10.4.